The Morgan fingerprint density at radius 2 is 2.10 bits per heavy atom. The number of hydrazine groups is 1. The molecule has 0 aromatic heterocycles. The van der Waals surface area contributed by atoms with Crippen LogP contribution in [0.1, 0.15) is 12.8 Å². The first-order valence-electron chi connectivity index (χ1n) is 6.30. The van der Waals surface area contributed by atoms with Crippen LogP contribution in [-0.2, 0) is 14.8 Å². The van der Waals surface area contributed by atoms with Crippen LogP contribution < -0.4 is 15.6 Å². The van der Waals surface area contributed by atoms with Gasteiger partial charge in [0.05, 0.1) is 11.0 Å². The highest BCUT2D eigenvalue weighted by Gasteiger charge is 2.16. The lowest BCUT2D eigenvalue weighted by Gasteiger charge is -2.14. The number of ether oxygens (including phenoxy) is 1. The van der Waals surface area contributed by atoms with Crippen molar-refractivity contribution in [3.05, 3.63) is 30.3 Å². The molecule has 0 saturated carbocycles. The van der Waals surface area contributed by atoms with Gasteiger partial charge in [0.15, 0.2) is 5.11 Å². The molecule has 20 heavy (non-hydrogen) atoms. The number of hydrogen-bond donors (Lipinski definition) is 3. The quantitative estimate of drug-likeness (QED) is 0.543. The van der Waals surface area contributed by atoms with Crippen LogP contribution in [-0.4, -0.2) is 32.8 Å². The zero-order valence-corrected chi connectivity index (χ0v) is 12.5. The molecule has 0 aliphatic carbocycles. The van der Waals surface area contributed by atoms with Gasteiger partial charge in [0.1, 0.15) is 0 Å². The van der Waals surface area contributed by atoms with Crippen LogP contribution in [0.15, 0.2) is 35.2 Å². The fraction of sp³-hybridized carbons (Fsp3) is 0.417. The second kappa shape index (κ2) is 6.98. The van der Waals surface area contributed by atoms with E-state index in [-0.39, 0.29) is 16.1 Å². The SMILES string of the molecule is O=S(=O)(NNC(=S)NC[C@H]1CCCO1)c1ccccc1. The lowest BCUT2D eigenvalue weighted by Crippen LogP contribution is -2.48. The van der Waals surface area contributed by atoms with Crippen molar-refractivity contribution < 1.29 is 13.2 Å². The Balaban J connectivity index is 1.77. The summed E-state index contributed by atoms with van der Waals surface area (Å²) < 4.78 is 29.3. The molecular weight excluding hydrogens is 298 g/mol. The number of hydrogen-bond acceptors (Lipinski definition) is 4. The van der Waals surface area contributed by atoms with Crippen LogP contribution in [0, 0.1) is 0 Å². The van der Waals surface area contributed by atoms with Crippen LogP contribution in [0.4, 0.5) is 0 Å². The van der Waals surface area contributed by atoms with Crippen molar-refractivity contribution in [2.45, 2.75) is 23.8 Å². The van der Waals surface area contributed by atoms with Gasteiger partial charge in [-0.05, 0) is 37.2 Å². The average molecular weight is 315 g/mol. The highest BCUT2D eigenvalue weighted by molar-refractivity contribution is 7.89. The lowest BCUT2D eigenvalue weighted by molar-refractivity contribution is 0.114. The van der Waals surface area contributed by atoms with Crippen LogP contribution in [0.25, 0.3) is 0 Å². The topological polar surface area (TPSA) is 79.5 Å². The summed E-state index contributed by atoms with van der Waals surface area (Å²) in [6, 6.07) is 8.07. The fourth-order valence-corrected chi connectivity index (χ4v) is 2.90. The summed E-state index contributed by atoms with van der Waals surface area (Å²) in [4.78, 5) is 2.40. The second-order valence-electron chi connectivity index (χ2n) is 4.39. The molecule has 1 aliphatic rings. The van der Waals surface area contributed by atoms with Crippen molar-refractivity contribution in [2.24, 2.45) is 0 Å². The Morgan fingerprint density at radius 3 is 2.75 bits per heavy atom. The lowest BCUT2D eigenvalue weighted by atomic mass is 10.2. The van der Waals surface area contributed by atoms with Gasteiger partial charge < -0.3 is 10.1 Å². The third-order valence-corrected chi connectivity index (χ3v) is 4.38. The molecule has 0 amide bonds. The van der Waals surface area contributed by atoms with E-state index in [2.05, 4.69) is 15.6 Å². The molecule has 110 valence electrons. The van der Waals surface area contributed by atoms with Crippen LogP contribution in [0.2, 0.25) is 0 Å². The molecule has 0 spiro atoms. The average Bonchev–Trinajstić information content (AvgIpc) is 2.97. The van der Waals surface area contributed by atoms with E-state index in [1.807, 2.05) is 0 Å². The van der Waals surface area contributed by atoms with Gasteiger partial charge in [0.25, 0.3) is 10.0 Å². The Morgan fingerprint density at radius 1 is 1.35 bits per heavy atom. The molecule has 1 saturated heterocycles. The van der Waals surface area contributed by atoms with Gasteiger partial charge in [-0.25, -0.2) is 8.42 Å². The van der Waals surface area contributed by atoms with Gasteiger partial charge in [0.2, 0.25) is 0 Å². The molecule has 0 radical (unpaired) electrons. The normalized spacial score (nSPS) is 18.7. The Labute approximate surface area is 123 Å². The maximum atomic E-state index is 11.9. The van der Waals surface area contributed by atoms with Crippen LogP contribution >= 0.6 is 12.2 Å². The van der Waals surface area contributed by atoms with Crippen molar-refractivity contribution in [2.75, 3.05) is 13.2 Å². The standard InChI is InChI=1S/C12H17N3O3S2/c16-20(17,11-6-2-1-3-7-11)15-14-12(19)13-9-10-5-4-8-18-10/h1-3,6-7,10,15H,4-5,8-9H2,(H2,13,14,19)/t10-/m1/s1. The summed E-state index contributed by atoms with van der Waals surface area (Å²) in [6.07, 6.45) is 2.18. The van der Waals surface area contributed by atoms with Gasteiger partial charge in [-0.1, -0.05) is 18.2 Å². The first-order valence-corrected chi connectivity index (χ1v) is 8.19. The molecule has 0 bridgehead atoms. The summed E-state index contributed by atoms with van der Waals surface area (Å²) >= 11 is 5.00. The summed E-state index contributed by atoms with van der Waals surface area (Å²) in [7, 11) is -3.61. The molecule has 6 nitrogen and oxygen atoms in total. The van der Waals surface area contributed by atoms with Gasteiger partial charge >= 0.3 is 0 Å². The molecular formula is C12H17N3O3S2. The summed E-state index contributed by atoms with van der Waals surface area (Å²) in [5.74, 6) is 0. The number of benzene rings is 1. The first kappa shape index (κ1) is 15.2. The fourth-order valence-electron chi connectivity index (χ4n) is 1.83. The molecule has 1 fully saturated rings. The highest BCUT2D eigenvalue weighted by Crippen LogP contribution is 2.10. The number of rotatable bonds is 5. The molecule has 0 unspecified atom stereocenters. The van der Waals surface area contributed by atoms with Crippen molar-refractivity contribution in [3.8, 4) is 0 Å². The van der Waals surface area contributed by atoms with E-state index in [0.29, 0.717) is 6.54 Å². The van der Waals surface area contributed by atoms with E-state index in [4.69, 9.17) is 17.0 Å². The summed E-state index contributed by atoms with van der Waals surface area (Å²) in [5.41, 5.74) is 2.47. The molecule has 1 aromatic rings. The largest absolute Gasteiger partial charge is 0.376 e. The molecule has 1 aliphatic heterocycles. The molecule has 1 atom stereocenters. The summed E-state index contributed by atoms with van der Waals surface area (Å²) in [5, 5.41) is 3.14. The Bertz CT molecular complexity index is 542. The smallest absolute Gasteiger partial charge is 0.257 e. The van der Waals surface area contributed by atoms with Crippen molar-refractivity contribution in [3.63, 3.8) is 0 Å². The second-order valence-corrected chi connectivity index (χ2v) is 6.48. The highest BCUT2D eigenvalue weighted by atomic mass is 32.2. The van der Waals surface area contributed by atoms with Crippen LogP contribution in [0.3, 0.4) is 0 Å². The number of nitrogens with one attached hydrogen (secondary N) is 3. The maximum Gasteiger partial charge on any atom is 0.257 e. The summed E-state index contributed by atoms with van der Waals surface area (Å²) in [6.45, 7) is 1.34. The van der Waals surface area contributed by atoms with Crippen molar-refractivity contribution in [1.82, 2.24) is 15.6 Å². The minimum atomic E-state index is -3.61. The minimum absolute atomic E-state index is 0.139. The predicted molar refractivity (Wildman–Crippen MR) is 79.5 cm³/mol. The monoisotopic (exact) mass is 315 g/mol. The van der Waals surface area contributed by atoms with E-state index in [1.165, 1.54) is 12.1 Å². The molecule has 8 heteroatoms. The van der Waals surface area contributed by atoms with Crippen molar-refractivity contribution in [1.29, 1.82) is 0 Å². The first-order chi connectivity index (χ1) is 9.58. The zero-order chi connectivity index (χ0) is 14.4. The van der Waals surface area contributed by atoms with E-state index >= 15 is 0 Å². The van der Waals surface area contributed by atoms with Crippen LogP contribution in [0.5, 0.6) is 0 Å². The molecule has 3 N–H and O–H groups in total. The van der Waals surface area contributed by atoms with Gasteiger partial charge in [-0.3, -0.25) is 5.43 Å². The molecule has 1 aromatic carbocycles. The van der Waals surface area contributed by atoms with Gasteiger partial charge in [0, 0.05) is 13.2 Å². The molecule has 2 rings (SSSR count). The number of thiocarbonyl (C=S) groups is 1. The third kappa shape index (κ3) is 4.41. The minimum Gasteiger partial charge on any atom is -0.376 e. The van der Waals surface area contributed by atoms with Gasteiger partial charge in [-0.2, -0.15) is 0 Å². The predicted octanol–water partition coefficient (Wildman–Crippen LogP) is 0.523. The van der Waals surface area contributed by atoms with E-state index in [0.717, 1.165) is 19.4 Å². The van der Waals surface area contributed by atoms with E-state index in [1.54, 1.807) is 18.2 Å². The van der Waals surface area contributed by atoms with E-state index < -0.39 is 10.0 Å². The maximum absolute atomic E-state index is 11.9. The number of sulfonamides is 1. The Hall–Kier alpha value is -1.22. The van der Waals surface area contributed by atoms with E-state index in [9.17, 15) is 8.42 Å². The Kier molecular flexibility index (Phi) is 5.30. The zero-order valence-electron chi connectivity index (χ0n) is 10.8. The third-order valence-electron chi connectivity index (χ3n) is 2.87. The van der Waals surface area contributed by atoms with Crippen molar-refractivity contribution >= 4 is 27.4 Å². The molecule has 1 heterocycles. The van der Waals surface area contributed by atoms with Gasteiger partial charge in [-0.15, -0.1) is 4.83 Å².